The molecule has 0 bridgehead atoms. The van der Waals surface area contributed by atoms with E-state index in [2.05, 4.69) is 24.1 Å². The molecule has 5 heteroatoms. The van der Waals surface area contributed by atoms with E-state index in [1.807, 2.05) is 18.2 Å². The lowest BCUT2D eigenvalue weighted by Crippen LogP contribution is -2.53. The second-order valence-corrected chi connectivity index (χ2v) is 5.49. The summed E-state index contributed by atoms with van der Waals surface area (Å²) in [5, 5.41) is 4.32. The standard InChI is InChI=1S/C14H21ClN2O.ClH/c1-10-7-17(8-11(2)16-10)9-12-13(15)5-4-6-14(12)18-3;/h4-6,10-11,16H,7-9H2,1-3H3;1H. The van der Waals surface area contributed by atoms with Gasteiger partial charge in [0.25, 0.3) is 0 Å². The number of nitrogens with zero attached hydrogens (tertiary/aromatic N) is 1. The van der Waals surface area contributed by atoms with E-state index >= 15 is 0 Å². The van der Waals surface area contributed by atoms with Crippen molar-refractivity contribution < 1.29 is 4.74 Å². The molecule has 1 heterocycles. The number of halogens is 2. The van der Waals surface area contributed by atoms with E-state index in [1.165, 1.54) is 0 Å². The average molecular weight is 305 g/mol. The van der Waals surface area contributed by atoms with Crippen LogP contribution in [0.4, 0.5) is 0 Å². The Kier molecular flexibility index (Phi) is 6.40. The first-order valence-corrected chi connectivity index (χ1v) is 6.77. The first-order valence-electron chi connectivity index (χ1n) is 6.40. The number of benzene rings is 1. The summed E-state index contributed by atoms with van der Waals surface area (Å²) in [6.45, 7) is 7.36. The van der Waals surface area contributed by atoms with Gasteiger partial charge in [0.05, 0.1) is 7.11 Å². The molecule has 19 heavy (non-hydrogen) atoms. The molecule has 2 rings (SSSR count). The van der Waals surface area contributed by atoms with Crippen LogP contribution < -0.4 is 10.1 Å². The molecular weight excluding hydrogens is 283 g/mol. The monoisotopic (exact) mass is 304 g/mol. The van der Waals surface area contributed by atoms with Crippen LogP contribution in [0, 0.1) is 0 Å². The fourth-order valence-corrected chi connectivity index (χ4v) is 2.90. The summed E-state index contributed by atoms with van der Waals surface area (Å²) in [5.41, 5.74) is 1.09. The first kappa shape index (κ1) is 16.6. The summed E-state index contributed by atoms with van der Waals surface area (Å²) in [7, 11) is 1.69. The van der Waals surface area contributed by atoms with Crippen LogP contribution in [0.3, 0.4) is 0 Å². The highest BCUT2D eigenvalue weighted by atomic mass is 35.5. The number of ether oxygens (including phenoxy) is 1. The van der Waals surface area contributed by atoms with Crippen molar-refractivity contribution in [2.45, 2.75) is 32.5 Å². The molecule has 0 aliphatic carbocycles. The molecular formula is C14H22Cl2N2O. The molecule has 1 aliphatic rings. The minimum Gasteiger partial charge on any atom is -0.496 e. The zero-order valence-corrected chi connectivity index (χ0v) is 13.2. The van der Waals surface area contributed by atoms with E-state index in [0.29, 0.717) is 12.1 Å². The molecule has 1 aromatic carbocycles. The van der Waals surface area contributed by atoms with Crippen molar-refractivity contribution in [1.82, 2.24) is 10.2 Å². The second-order valence-electron chi connectivity index (χ2n) is 5.08. The van der Waals surface area contributed by atoms with Gasteiger partial charge in [-0.1, -0.05) is 17.7 Å². The van der Waals surface area contributed by atoms with E-state index in [9.17, 15) is 0 Å². The lowest BCUT2D eigenvalue weighted by Gasteiger charge is -2.36. The van der Waals surface area contributed by atoms with Gasteiger partial charge in [0.2, 0.25) is 0 Å². The predicted octanol–water partition coefficient (Wildman–Crippen LogP) is 2.95. The Morgan fingerprint density at radius 1 is 1.32 bits per heavy atom. The van der Waals surface area contributed by atoms with Gasteiger partial charge < -0.3 is 10.1 Å². The van der Waals surface area contributed by atoms with Gasteiger partial charge in [-0.15, -0.1) is 12.4 Å². The number of piperazine rings is 1. The largest absolute Gasteiger partial charge is 0.496 e. The molecule has 0 aromatic heterocycles. The van der Waals surface area contributed by atoms with Gasteiger partial charge in [0.15, 0.2) is 0 Å². The topological polar surface area (TPSA) is 24.5 Å². The van der Waals surface area contributed by atoms with Crippen LogP contribution in [-0.2, 0) is 6.54 Å². The summed E-state index contributed by atoms with van der Waals surface area (Å²) in [6, 6.07) is 6.85. The lowest BCUT2D eigenvalue weighted by atomic mass is 10.1. The van der Waals surface area contributed by atoms with Crippen LogP contribution in [0.15, 0.2) is 18.2 Å². The third-order valence-corrected chi connectivity index (χ3v) is 3.66. The predicted molar refractivity (Wildman–Crippen MR) is 82.6 cm³/mol. The Morgan fingerprint density at radius 3 is 2.53 bits per heavy atom. The van der Waals surface area contributed by atoms with Crippen LogP contribution in [-0.4, -0.2) is 37.2 Å². The van der Waals surface area contributed by atoms with Crippen molar-refractivity contribution >= 4 is 24.0 Å². The lowest BCUT2D eigenvalue weighted by molar-refractivity contribution is 0.165. The maximum absolute atomic E-state index is 6.28. The van der Waals surface area contributed by atoms with Gasteiger partial charge in [-0.05, 0) is 26.0 Å². The third kappa shape index (κ3) is 4.25. The molecule has 2 atom stereocenters. The molecule has 1 saturated heterocycles. The number of nitrogens with one attached hydrogen (secondary N) is 1. The average Bonchev–Trinajstić information content (AvgIpc) is 2.30. The van der Waals surface area contributed by atoms with Gasteiger partial charge >= 0.3 is 0 Å². The highest BCUT2D eigenvalue weighted by molar-refractivity contribution is 6.31. The van der Waals surface area contributed by atoms with Gasteiger partial charge in [-0.3, -0.25) is 4.90 Å². The molecule has 3 nitrogen and oxygen atoms in total. The molecule has 1 fully saturated rings. The van der Waals surface area contributed by atoms with Crippen LogP contribution in [0.5, 0.6) is 5.75 Å². The summed E-state index contributed by atoms with van der Waals surface area (Å²) in [5.74, 6) is 0.876. The molecule has 2 unspecified atom stereocenters. The molecule has 0 radical (unpaired) electrons. The van der Waals surface area contributed by atoms with Crippen LogP contribution in [0.2, 0.25) is 5.02 Å². The van der Waals surface area contributed by atoms with Crippen molar-refractivity contribution in [2.24, 2.45) is 0 Å². The summed E-state index contributed by atoms with van der Waals surface area (Å²) >= 11 is 6.28. The minimum atomic E-state index is 0. The van der Waals surface area contributed by atoms with E-state index in [-0.39, 0.29) is 12.4 Å². The maximum Gasteiger partial charge on any atom is 0.124 e. The fourth-order valence-electron chi connectivity index (χ4n) is 2.68. The van der Waals surface area contributed by atoms with Crippen LogP contribution >= 0.6 is 24.0 Å². The zero-order valence-electron chi connectivity index (χ0n) is 11.6. The number of hydrogen-bond acceptors (Lipinski definition) is 3. The summed E-state index contributed by atoms with van der Waals surface area (Å²) in [4.78, 5) is 2.43. The molecule has 1 aliphatic heterocycles. The van der Waals surface area contributed by atoms with E-state index in [4.69, 9.17) is 16.3 Å². The summed E-state index contributed by atoms with van der Waals surface area (Å²) in [6.07, 6.45) is 0. The molecule has 108 valence electrons. The van der Waals surface area contributed by atoms with Crippen molar-refractivity contribution in [3.8, 4) is 5.75 Å². The van der Waals surface area contributed by atoms with Gasteiger partial charge in [-0.2, -0.15) is 0 Å². The van der Waals surface area contributed by atoms with Crippen molar-refractivity contribution in [2.75, 3.05) is 20.2 Å². The number of hydrogen-bond donors (Lipinski definition) is 1. The fraction of sp³-hybridized carbons (Fsp3) is 0.571. The Morgan fingerprint density at radius 2 is 1.95 bits per heavy atom. The third-order valence-electron chi connectivity index (χ3n) is 3.31. The van der Waals surface area contributed by atoms with Crippen molar-refractivity contribution in [3.63, 3.8) is 0 Å². The first-order chi connectivity index (χ1) is 8.60. The Labute approximate surface area is 126 Å². The van der Waals surface area contributed by atoms with E-state index < -0.39 is 0 Å². The van der Waals surface area contributed by atoms with Crippen LogP contribution in [0.25, 0.3) is 0 Å². The summed E-state index contributed by atoms with van der Waals surface area (Å²) < 4.78 is 5.39. The molecule has 1 N–H and O–H groups in total. The SMILES string of the molecule is COc1cccc(Cl)c1CN1CC(C)NC(C)C1.Cl. The van der Waals surface area contributed by atoms with Gasteiger partial charge in [0, 0.05) is 42.3 Å². The zero-order chi connectivity index (χ0) is 13.1. The Balaban J connectivity index is 0.00000180. The normalized spacial score (nSPS) is 23.8. The Hall–Kier alpha value is -0.480. The molecule has 0 saturated carbocycles. The van der Waals surface area contributed by atoms with Crippen molar-refractivity contribution in [1.29, 1.82) is 0 Å². The highest BCUT2D eigenvalue weighted by Gasteiger charge is 2.22. The van der Waals surface area contributed by atoms with E-state index in [0.717, 1.165) is 36.0 Å². The Bertz CT molecular complexity index is 404. The minimum absolute atomic E-state index is 0. The highest BCUT2D eigenvalue weighted by Crippen LogP contribution is 2.28. The maximum atomic E-state index is 6.28. The molecule has 0 spiro atoms. The van der Waals surface area contributed by atoms with E-state index in [1.54, 1.807) is 7.11 Å². The van der Waals surface area contributed by atoms with Gasteiger partial charge in [0.1, 0.15) is 5.75 Å². The van der Waals surface area contributed by atoms with Gasteiger partial charge in [-0.25, -0.2) is 0 Å². The quantitative estimate of drug-likeness (QED) is 0.929. The molecule has 0 amide bonds. The number of rotatable bonds is 3. The number of methoxy groups -OCH3 is 1. The van der Waals surface area contributed by atoms with Crippen LogP contribution in [0.1, 0.15) is 19.4 Å². The smallest absolute Gasteiger partial charge is 0.124 e. The molecule has 1 aromatic rings. The second kappa shape index (κ2) is 7.34. The van der Waals surface area contributed by atoms with Crippen molar-refractivity contribution in [3.05, 3.63) is 28.8 Å².